The van der Waals surface area contributed by atoms with Crippen molar-refractivity contribution < 1.29 is 26.4 Å². The topological polar surface area (TPSA) is 98.9 Å². The van der Waals surface area contributed by atoms with Gasteiger partial charge in [0, 0.05) is 49.4 Å². The molecule has 0 saturated carbocycles. The van der Waals surface area contributed by atoms with Crippen molar-refractivity contribution in [1.82, 2.24) is 24.6 Å². The van der Waals surface area contributed by atoms with Crippen LogP contribution in [0.25, 0.3) is 22.0 Å². The number of sulfone groups is 1. The molecule has 0 aliphatic heterocycles. The molecule has 39 heavy (non-hydrogen) atoms. The van der Waals surface area contributed by atoms with Crippen LogP contribution < -0.4 is 5.32 Å². The van der Waals surface area contributed by atoms with Crippen molar-refractivity contribution in [2.45, 2.75) is 11.4 Å². The van der Waals surface area contributed by atoms with Gasteiger partial charge in [0.2, 0.25) is 0 Å². The number of hydrogen-bond donors (Lipinski definition) is 1. The molecule has 0 radical (unpaired) electrons. The first kappa shape index (κ1) is 26.2. The second kappa shape index (κ2) is 10.4. The maximum Gasteiger partial charge on any atom is 0.269 e. The van der Waals surface area contributed by atoms with Crippen LogP contribution >= 0.6 is 0 Å². The van der Waals surface area contributed by atoms with Crippen molar-refractivity contribution in [3.05, 3.63) is 102 Å². The Morgan fingerprint density at radius 1 is 1.00 bits per heavy atom. The van der Waals surface area contributed by atoms with Crippen LogP contribution in [0.5, 0.6) is 0 Å². The predicted octanol–water partition coefficient (Wildman–Crippen LogP) is 4.11. The van der Waals surface area contributed by atoms with Gasteiger partial charge in [0.15, 0.2) is 9.84 Å². The molecule has 0 bridgehead atoms. The minimum atomic E-state index is -4.14. The molecule has 0 fully saturated rings. The third kappa shape index (κ3) is 5.41. The number of nitrogens with zero attached hydrogens (tertiary/aromatic N) is 4. The normalized spacial score (nSPS) is 11.7. The van der Waals surface area contributed by atoms with Crippen molar-refractivity contribution >= 4 is 26.6 Å². The highest BCUT2D eigenvalue weighted by Gasteiger charge is 2.25. The second-order valence-corrected chi connectivity index (χ2v) is 11.0. The summed E-state index contributed by atoms with van der Waals surface area (Å²) < 4.78 is 73.4. The van der Waals surface area contributed by atoms with E-state index in [0.29, 0.717) is 17.2 Å². The van der Waals surface area contributed by atoms with Crippen molar-refractivity contribution in [3.63, 3.8) is 0 Å². The number of nitrogens with one attached hydrogen (secondary N) is 1. The summed E-state index contributed by atoms with van der Waals surface area (Å²) in [5.41, 5.74) is 1.57. The fourth-order valence-corrected chi connectivity index (χ4v) is 5.67. The van der Waals surface area contributed by atoms with Gasteiger partial charge in [-0.3, -0.25) is 14.5 Å². The van der Waals surface area contributed by atoms with Crippen molar-refractivity contribution in [3.8, 4) is 11.1 Å². The van der Waals surface area contributed by atoms with Crippen LogP contribution in [0.15, 0.2) is 78.2 Å². The number of carbonyl (C=O) groups excluding carboxylic acids is 1. The summed E-state index contributed by atoms with van der Waals surface area (Å²) in [7, 11) is -2.40. The van der Waals surface area contributed by atoms with E-state index >= 15 is 4.39 Å². The molecule has 1 N–H and O–H groups in total. The highest BCUT2D eigenvalue weighted by atomic mass is 32.2. The van der Waals surface area contributed by atoms with E-state index in [9.17, 15) is 22.0 Å². The monoisotopic (exact) mass is 553 g/mol. The lowest BCUT2D eigenvalue weighted by atomic mass is 10.1. The molecule has 0 spiro atoms. The van der Waals surface area contributed by atoms with Gasteiger partial charge in [0.05, 0.1) is 34.3 Å². The average Bonchev–Trinajstić information content (AvgIpc) is 3.50. The number of aryl methyl sites for hydroxylation is 1. The van der Waals surface area contributed by atoms with E-state index in [-0.39, 0.29) is 40.1 Å². The first-order valence-electron chi connectivity index (χ1n) is 11.8. The number of pyridine rings is 1. The van der Waals surface area contributed by atoms with Gasteiger partial charge in [-0.25, -0.2) is 21.6 Å². The molecule has 0 unspecified atom stereocenters. The van der Waals surface area contributed by atoms with Crippen molar-refractivity contribution in [2.75, 3.05) is 12.3 Å². The zero-order valence-corrected chi connectivity index (χ0v) is 21.4. The molecule has 0 aliphatic rings. The van der Waals surface area contributed by atoms with E-state index < -0.39 is 38.9 Å². The first-order chi connectivity index (χ1) is 18.6. The van der Waals surface area contributed by atoms with Crippen LogP contribution in [0.4, 0.5) is 13.2 Å². The maximum atomic E-state index is 15.1. The number of hydrogen-bond acceptors (Lipinski definition) is 5. The molecule has 3 aromatic heterocycles. The van der Waals surface area contributed by atoms with Crippen LogP contribution in [0.1, 0.15) is 16.1 Å². The molecule has 5 rings (SSSR count). The minimum absolute atomic E-state index is 0.0423. The molecule has 0 saturated heterocycles. The van der Waals surface area contributed by atoms with E-state index in [0.717, 1.165) is 12.3 Å². The van der Waals surface area contributed by atoms with Crippen molar-refractivity contribution in [1.29, 1.82) is 0 Å². The smallest absolute Gasteiger partial charge is 0.269 e. The summed E-state index contributed by atoms with van der Waals surface area (Å²) in [6.07, 6.45) is 5.92. The Balaban J connectivity index is 1.44. The van der Waals surface area contributed by atoms with Crippen LogP contribution in [0.2, 0.25) is 0 Å². The number of rotatable bonds is 8. The van der Waals surface area contributed by atoms with E-state index in [1.807, 2.05) is 0 Å². The van der Waals surface area contributed by atoms with Gasteiger partial charge in [-0.15, -0.1) is 0 Å². The standard InChI is InChI=1S/C27H22F3N5O3S/c1-34-14-19(13-33-34)17-5-6-18(21(29)10-17)15-35-16-25(26-22(30)11-20(28)12-24(26)35)39(37,38)9-8-32-27(36)23-4-2-3-7-31-23/h2-7,10-14,16H,8-9,15H2,1H3,(H,32,36). The van der Waals surface area contributed by atoms with E-state index in [2.05, 4.69) is 15.4 Å². The highest BCUT2D eigenvalue weighted by Crippen LogP contribution is 2.31. The number of aromatic nitrogens is 4. The van der Waals surface area contributed by atoms with Gasteiger partial charge in [0.25, 0.3) is 5.91 Å². The van der Waals surface area contributed by atoms with Gasteiger partial charge in [-0.2, -0.15) is 5.10 Å². The van der Waals surface area contributed by atoms with Gasteiger partial charge in [0.1, 0.15) is 23.1 Å². The molecule has 3 heterocycles. The van der Waals surface area contributed by atoms with Crippen molar-refractivity contribution in [2.24, 2.45) is 7.05 Å². The number of benzene rings is 2. The quantitative estimate of drug-likeness (QED) is 0.312. The maximum absolute atomic E-state index is 15.1. The zero-order valence-electron chi connectivity index (χ0n) is 20.6. The molecule has 200 valence electrons. The molecular formula is C27H22F3N5O3S. The summed E-state index contributed by atoms with van der Waals surface area (Å²) in [5, 5.41) is 6.24. The van der Waals surface area contributed by atoms with Gasteiger partial charge in [-0.05, 0) is 29.8 Å². The average molecular weight is 554 g/mol. The van der Waals surface area contributed by atoms with Crippen LogP contribution in [-0.4, -0.2) is 46.0 Å². The Kier molecular flexibility index (Phi) is 6.96. The van der Waals surface area contributed by atoms with E-state index in [1.165, 1.54) is 29.0 Å². The molecule has 0 atom stereocenters. The first-order valence-corrected chi connectivity index (χ1v) is 13.4. The fraction of sp³-hybridized carbons (Fsp3) is 0.148. The molecule has 0 aliphatic carbocycles. The summed E-state index contributed by atoms with van der Waals surface area (Å²) in [6, 6.07) is 10.9. The lowest BCUT2D eigenvalue weighted by molar-refractivity contribution is 0.0951. The lowest BCUT2D eigenvalue weighted by Crippen LogP contribution is -2.29. The number of halogens is 3. The van der Waals surface area contributed by atoms with Crippen LogP contribution in [0, 0.1) is 17.5 Å². The summed E-state index contributed by atoms with van der Waals surface area (Å²) >= 11 is 0. The van der Waals surface area contributed by atoms with Gasteiger partial charge < -0.3 is 9.88 Å². The Labute approximate surface area is 221 Å². The molecular weight excluding hydrogens is 531 g/mol. The molecule has 8 nitrogen and oxygen atoms in total. The second-order valence-electron chi connectivity index (χ2n) is 8.90. The number of amides is 1. The Morgan fingerprint density at radius 3 is 2.51 bits per heavy atom. The summed E-state index contributed by atoms with van der Waals surface area (Å²) in [4.78, 5) is 15.7. The zero-order chi connectivity index (χ0) is 27.7. The molecule has 12 heteroatoms. The Bertz CT molecular complexity index is 1800. The largest absolute Gasteiger partial charge is 0.350 e. The SMILES string of the molecule is Cn1cc(-c2ccc(Cn3cc(S(=O)(=O)CCNC(=O)c4ccccn4)c4c(F)cc(F)cc43)c(F)c2)cn1. The van der Waals surface area contributed by atoms with Gasteiger partial charge >= 0.3 is 0 Å². The Hall–Kier alpha value is -4.45. The van der Waals surface area contributed by atoms with E-state index in [1.54, 1.807) is 42.3 Å². The van der Waals surface area contributed by atoms with Crippen LogP contribution in [0.3, 0.4) is 0 Å². The predicted molar refractivity (Wildman–Crippen MR) is 138 cm³/mol. The molecule has 1 amide bonds. The minimum Gasteiger partial charge on any atom is -0.350 e. The number of fused-ring (bicyclic) bond motifs is 1. The summed E-state index contributed by atoms with van der Waals surface area (Å²) in [6.45, 7) is -0.442. The molecule has 5 aromatic rings. The molecule has 2 aromatic carbocycles. The lowest BCUT2D eigenvalue weighted by Gasteiger charge is -2.08. The number of carbonyl (C=O) groups is 1. The third-order valence-electron chi connectivity index (χ3n) is 6.18. The Morgan fingerprint density at radius 2 is 1.82 bits per heavy atom. The van der Waals surface area contributed by atoms with Gasteiger partial charge in [-0.1, -0.05) is 18.2 Å². The van der Waals surface area contributed by atoms with E-state index in [4.69, 9.17) is 0 Å². The highest BCUT2D eigenvalue weighted by molar-refractivity contribution is 7.91. The third-order valence-corrected chi connectivity index (χ3v) is 7.91. The fourth-order valence-electron chi connectivity index (χ4n) is 4.28. The summed E-state index contributed by atoms with van der Waals surface area (Å²) in [5.74, 6) is -3.65. The van der Waals surface area contributed by atoms with Crippen LogP contribution in [-0.2, 0) is 23.4 Å².